The van der Waals surface area contributed by atoms with Gasteiger partial charge in [-0.15, -0.1) is 0 Å². The summed E-state index contributed by atoms with van der Waals surface area (Å²) < 4.78 is 15.2. The SMILES string of the molecule is COC(CN)CC(=O)Nc1cc2c(cc1[N+](=O)[O-])OCO2. The number of methoxy groups -OCH3 is 1. The zero-order chi connectivity index (χ0) is 15.4. The Morgan fingerprint density at radius 3 is 2.76 bits per heavy atom. The fourth-order valence-corrected chi connectivity index (χ4v) is 1.85. The molecule has 21 heavy (non-hydrogen) atoms. The van der Waals surface area contributed by atoms with Crippen molar-refractivity contribution in [3.63, 3.8) is 0 Å². The van der Waals surface area contributed by atoms with E-state index in [1.165, 1.54) is 19.2 Å². The second-order valence-corrected chi connectivity index (χ2v) is 4.33. The smallest absolute Gasteiger partial charge is 0.296 e. The molecule has 1 heterocycles. The van der Waals surface area contributed by atoms with Gasteiger partial charge in [-0.1, -0.05) is 0 Å². The molecule has 9 heteroatoms. The topological polar surface area (TPSA) is 126 Å². The van der Waals surface area contributed by atoms with Crippen molar-refractivity contribution >= 4 is 17.3 Å². The normalized spacial score (nSPS) is 13.8. The lowest BCUT2D eigenvalue weighted by Crippen LogP contribution is -2.28. The van der Waals surface area contributed by atoms with Crippen LogP contribution in [0.1, 0.15) is 6.42 Å². The van der Waals surface area contributed by atoms with Crippen molar-refractivity contribution in [2.24, 2.45) is 5.73 Å². The highest BCUT2D eigenvalue weighted by Crippen LogP contribution is 2.40. The van der Waals surface area contributed by atoms with E-state index in [9.17, 15) is 14.9 Å². The molecule has 1 unspecified atom stereocenters. The van der Waals surface area contributed by atoms with E-state index >= 15 is 0 Å². The Kier molecular flexibility index (Phi) is 4.55. The molecule has 1 aromatic carbocycles. The summed E-state index contributed by atoms with van der Waals surface area (Å²) in [5, 5.41) is 13.5. The van der Waals surface area contributed by atoms with Gasteiger partial charge in [0.25, 0.3) is 5.69 Å². The van der Waals surface area contributed by atoms with Crippen LogP contribution in [0.2, 0.25) is 0 Å². The standard InChI is InChI=1S/C12H15N3O6/c1-19-7(5-13)2-12(16)14-8-3-10-11(21-6-20-10)4-9(8)15(17)18/h3-4,7H,2,5-6,13H2,1H3,(H,14,16). The van der Waals surface area contributed by atoms with E-state index in [-0.39, 0.29) is 36.9 Å². The minimum absolute atomic E-state index is 0.00139. The Bertz CT molecular complexity index is 558. The maximum Gasteiger partial charge on any atom is 0.296 e. The summed E-state index contributed by atoms with van der Waals surface area (Å²) in [6.45, 7) is 0.163. The summed E-state index contributed by atoms with van der Waals surface area (Å²) in [7, 11) is 1.44. The average Bonchev–Trinajstić information content (AvgIpc) is 2.90. The number of benzene rings is 1. The Morgan fingerprint density at radius 1 is 1.52 bits per heavy atom. The first-order valence-corrected chi connectivity index (χ1v) is 6.16. The van der Waals surface area contributed by atoms with Crippen LogP contribution in [0.5, 0.6) is 11.5 Å². The van der Waals surface area contributed by atoms with E-state index in [1.54, 1.807) is 0 Å². The number of amides is 1. The molecule has 0 radical (unpaired) electrons. The number of nitrogens with two attached hydrogens (primary N) is 1. The number of carbonyl (C=O) groups is 1. The molecule has 2 rings (SSSR count). The fourth-order valence-electron chi connectivity index (χ4n) is 1.85. The lowest BCUT2D eigenvalue weighted by molar-refractivity contribution is -0.384. The number of hydrogen-bond donors (Lipinski definition) is 2. The van der Waals surface area contributed by atoms with E-state index < -0.39 is 16.9 Å². The molecule has 1 aromatic rings. The Morgan fingerprint density at radius 2 is 2.19 bits per heavy atom. The number of anilines is 1. The molecular formula is C12H15N3O6. The predicted molar refractivity (Wildman–Crippen MR) is 72.3 cm³/mol. The van der Waals surface area contributed by atoms with Gasteiger partial charge in [0.15, 0.2) is 11.5 Å². The van der Waals surface area contributed by atoms with E-state index in [0.717, 1.165) is 0 Å². The average molecular weight is 297 g/mol. The van der Waals surface area contributed by atoms with Crippen LogP contribution in [0.4, 0.5) is 11.4 Å². The minimum Gasteiger partial charge on any atom is -0.454 e. The number of fused-ring (bicyclic) bond motifs is 1. The monoisotopic (exact) mass is 297 g/mol. The van der Waals surface area contributed by atoms with Crippen LogP contribution >= 0.6 is 0 Å². The van der Waals surface area contributed by atoms with Crippen LogP contribution in [0.25, 0.3) is 0 Å². The molecule has 114 valence electrons. The third-order valence-corrected chi connectivity index (χ3v) is 2.97. The van der Waals surface area contributed by atoms with Crippen molar-refractivity contribution in [3.8, 4) is 11.5 Å². The lowest BCUT2D eigenvalue weighted by Gasteiger charge is -2.13. The molecule has 1 aliphatic rings. The fraction of sp³-hybridized carbons (Fsp3) is 0.417. The summed E-state index contributed by atoms with van der Waals surface area (Å²) in [4.78, 5) is 22.3. The van der Waals surface area contributed by atoms with Crippen LogP contribution in [-0.2, 0) is 9.53 Å². The van der Waals surface area contributed by atoms with Crippen LogP contribution < -0.4 is 20.5 Å². The van der Waals surface area contributed by atoms with Crippen molar-refractivity contribution < 1.29 is 23.9 Å². The number of nitrogens with zero attached hydrogens (tertiary/aromatic N) is 1. The molecule has 0 aromatic heterocycles. The Balaban J connectivity index is 2.19. The van der Waals surface area contributed by atoms with Crippen molar-refractivity contribution in [2.45, 2.75) is 12.5 Å². The number of carbonyl (C=O) groups excluding carboxylic acids is 1. The summed E-state index contributed by atoms with van der Waals surface area (Å²) in [6, 6.07) is 2.58. The third-order valence-electron chi connectivity index (χ3n) is 2.97. The molecule has 1 aliphatic heterocycles. The first-order chi connectivity index (χ1) is 10.0. The van der Waals surface area contributed by atoms with Crippen LogP contribution in [0.3, 0.4) is 0 Å². The second kappa shape index (κ2) is 6.37. The predicted octanol–water partition coefficient (Wildman–Crippen LogP) is 0.626. The molecule has 0 saturated carbocycles. The van der Waals surface area contributed by atoms with Crippen LogP contribution in [0, 0.1) is 10.1 Å². The van der Waals surface area contributed by atoms with Gasteiger partial charge in [0, 0.05) is 19.7 Å². The van der Waals surface area contributed by atoms with Gasteiger partial charge in [0.2, 0.25) is 12.7 Å². The maximum atomic E-state index is 11.9. The van der Waals surface area contributed by atoms with Crippen molar-refractivity contribution in [1.29, 1.82) is 0 Å². The Labute approximate surface area is 120 Å². The molecule has 1 atom stereocenters. The molecular weight excluding hydrogens is 282 g/mol. The van der Waals surface area contributed by atoms with Gasteiger partial charge in [0.05, 0.1) is 23.5 Å². The van der Waals surface area contributed by atoms with Crippen molar-refractivity contribution in [2.75, 3.05) is 25.8 Å². The zero-order valence-electron chi connectivity index (χ0n) is 11.3. The molecule has 3 N–H and O–H groups in total. The zero-order valence-corrected chi connectivity index (χ0v) is 11.3. The van der Waals surface area contributed by atoms with Gasteiger partial charge in [-0.25, -0.2) is 0 Å². The first-order valence-electron chi connectivity index (χ1n) is 6.16. The van der Waals surface area contributed by atoms with E-state index in [2.05, 4.69) is 5.32 Å². The van der Waals surface area contributed by atoms with Gasteiger partial charge in [-0.05, 0) is 0 Å². The molecule has 0 aliphatic carbocycles. The highest BCUT2D eigenvalue weighted by molar-refractivity contribution is 5.94. The number of hydrogen-bond acceptors (Lipinski definition) is 7. The molecule has 9 nitrogen and oxygen atoms in total. The number of nitrogens with one attached hydrogen (secondary N) is 1. The minimum atomic E-state index is -0.603. The molecule has 0 saturated heterocycles. The second-order valence-electron chi connectivity index (χ2n) is 4.33. The highest BCUT2D eigenvalue weighted by atomic mass is 16.7. The number of ether oxygens (including phenoxy) is 3. The van der Waals surface area contributed by atoms with Crippen molar-refractivity contribution in [3.05, 3.63) is 22.2 Å². The third kappa shape index (κ3) is 3.38. The van der Waals surface area contributed by atoms with Crippen LogP contribution in [-0.4, -0.2) is 37.4 Å². The van der Waals surface area contributed by atoms with Gasteiger partial charge >= 0.3 is 0 Å². The number of nitro groups is 1. The van der Waals surface area contributed by atoms with Crippen LogP contribution in [0.15, 0.2) is 12.1 Å². The summed E-state index contributed by atoms with van der Waals surface area (Å²) in [6.07, 6.45) is -0.448. The summed E-state index contributed by atoms with van der Waals surface area (Å²) in [5.74, 6) is 0.184. The highest BCUT2D eigenvalue weighted by Gasteiger charge is 2.25. The van der Waals surface area contributed by atoms with E-state index in [0.29, 0.717) is 5.75 Å². The molecule has 0 bridgehead atoms. The van der Waals surface area contributed by atoms with Gasteiger partial charge in [-0.2, -0.15) is 0 Å². The van der Waals surface area contributed by atoms with Crippen molar-refractivity contribution in [1.82, 2.24) is 0 Å². The maximum absolute atomic E-state index is 11.9. The number of nitro benzene ring substituents is 1. The van der Waals surface area contributed by atoms with Gasteiger partial charge < -0.3 is 25.3 Å². The summed E-state index contributed by atoms with van der Waals surface area (Å²) in [5.41, 5.74) is 5.20. The largest absolute Gasteiger partial charge is 0.454 e. The van der Waals surface area contributed by atoms with Gasteiger partial charge in [-0.3, -0.25) is 14.9 Å². The van der Waals surface area contributed by atoms with E-state index in [1.807, 2.05) is 0 Å². The Hall–Kier alpha value is -2.39. The molecule has 1 amide bonds. The first kappa shape index (κ1) is 15.0. The summed E-state index contributed by atoms with van der Waals surface area (Å²) >= 11 is 0. The molecule has 0 spiro atoms. The number of rotatable bonds is 6. The lowest BCUT2D eigenvalue weighted by atomic mass is 10.2. The quantitative estimate of drug-likeness (QED) is 0.582. The molecule has 0 fully saturated rings. The van der Waals surface area contributed by atoms with E-state index in [4.69, 9.17) is 19.9 Å². The van der Waals surface area contributed by atoms with Gasteiger partial charge in [0.1, 0.15) is 5.69 Å².